The summed E-state index contributed by atoms with van der Waals surface area (Å²) in [6.07, 6.45) is 4.13. The summed E-state index contributed by atoms with van der Waals surface area (Å²) < 4.78 is 12.9. The second-order valence-corrected chi connectivity index (χ2v) is 2.34. The van der Waals surface area contributed by atoms with E-state index in [0.29, 0.717) is 12.8 Å². The largest absolute Gasteiger partial charge is 1.00 e. The van der Waals surface area contributed by atoms with E-state index in [2.05, 4.69) is 12.7 Å². The first-order chi connectivity index (χ1) is 5.34. The molecular weight excluding hydrogens is 331 g/mol. The van der Waals surface area contributed by atoms with Crippen molar-refractivity contribution >= 4 is 0 Å². The van der Waals surface area contributed by atoms with Crippen LogP contribution < -0.4 is 24.0 Å². The minimum absolute atomic E-state index is 0. The molecule has 0 amide bonds. The van der Waals surface area contributed by atoms with Crippen LogP contribution in [0.3, 0.4) is 0 Å². The molecule has 13 heavy (non-hydrogen) atoms. The number of benzene rings is 1. The average molecular weight is 341 g/mol. The molecule has 0 aliphatic rings. The van der Waals surface area contributed by atoms with E-state index in [1.54, 1.807) is 12.1 Å². The van der Waals surface area contributed by atoms with Crippen LogP contribution in [-0.2, 0) is 25.9 Å². The molecule has 0 unspecified atom stereocenters. The van der Waals surface area contributed by atoms with Crippen molar-refractivity contribution in [2.45, 2.75) is 12.8 Å². The van der Waals surface area contributed by atoms with Crippen molar-refractivity contribution in [3.05, 3.63) is 48.3 Å². The van der Waals surface area contributed by atoms with Gasteiger partial charge in [0, 0.05) is 19.5 Å². The van der Waals surface area contributed by atoms with Crippen LogP contribution in [0.1, 0.15) is 12.0 Å². The molecule has 0 bridgehead atoms. The molecule has 0 aromatic heterocycles. The summed E-state index contributed by atoms with van der Waals surface area (Å²) in [4.78, 5) is 0. The topological polar surface area (TPSA) is 0 Å². The van der Waals surface area contributed by atoms with Gasteiger partial charge in [-0.25, -0.2) is 4.39 Å². The fraction of sp³-hybridized carbons (Fsp3) is 0.200. The number of hydrogen-bond acceptors (Lipinski definition) is 0. The summed E-state index contributed by atoms with van der Waals surface area (Å²) in [5, 5.41) is 0. The van der Waals surface area contributed by atoms with Gasteiger partial charge in [-0.2, -0.15) is 0 Å². The summed E-state index contributed by atoms with van der Waals surface area (Å²) in [6, 6.07) is 6.78. The summed E-state index contributed by atoms with van der Waals surface area (Å²) in [5.74, 6) is -0.136. The van der Waals surface area contributed by atoms with Crippen molar-refractivity contribution in [2.75, 3.05) is 0 Å². The Labute approximate surface area is 108 Å². The van der Waals surface area contributed by atoms with E-state index in [1.165, 1.54) is 6.07 Å². The van der Waals surface area contributed by atoms with Gasteiger partial charge in [0.05, 0.1) is 0 Å². The van der Waals surface area contributed by atoms with E-state index in [-0.39, 0.29) is 49.3 Å². The molecule has 0 saturated carbocycles. The van der Waals surface area contributed by atoms with Crippen LogP contribution >= 0.6 is 0 Å². The molecular formula is C10H10FIZn-. The van der Waals surface area contributed by atoms with Gasteiger partial charge in [0.25, 0.3) is 0 Å². The number of rotatable bonds is 3. The van der Waals surface area contributed by atoms with Gasteiger partial charge in [0.2, 0.25) is 0 Å². The number of hydrogen-bond donors (Lipinski definition) is 0. The Bertz CT molecular complexity index is 250. The molecule has 67 valence electrons. The van der Waals surface area contributed by atoms with Crippen molar-refractivity contribution < 1.29 is 47.8 Å². The first-order valence-electron chi connectivity index (χ1n) is 3.58. The molecule has 0 fully saturated rings. The smallest absolute Gasteiger partial charge is 0.126 e. The van der Waals surface area contributed by atoms with Gasteiger partial charge < -0.3 is 24.0 Å². The van der Waals surface area contributed by atoms with E-state index in [4.69, 9.17) is 0 Å². The third kappa shape index (κ3) is 5.53. The summed E-state index contributed by atoms with van der Waals surface area (Å²) in [6.45, 7) is 3.46. The SMILES string of the molecule is C=[C]CCc1ccccc1F.[I-].[Zn]. The Morgan fingerprint density at radius 2 is 1.92 bits per heavy atom. The van der Waals surface area contributed by atoms with Gasteiger partial charge >= 0.3 is 0 Å². The van der Waals surface area contributed by atoms with E-state index in [9.17, 15) is 4.39 Å². The molecule has 3 heteroatoms. The van der Waals surface area contributed by atoms with E-state index in [1.807, 2.05) is 6.07 Å². The van der Waals surface area contributed by atoms with Crippen LogP contribution in [0.15, 0.2) is 30.8 Å². The summed E-state index contributed by atoms with van der Waals surface area (Å²) in [7, 11) is 0. The van der Waals surface area contributed by atoms with Crippen LogP contribution in [0.25, 0.3) is 0 Å². The quantitative estimate of drug-likeness (QED) is 0.525. The van der Waals surface area contributed by atoms with E-state index in [0.717, 1.165) is 5.56 Å². The number of allylic oxidation sites excluding steroid dienone is 1. The van der Waals surface area contributed by atoms with Gasteiger partial charge in [-0.1, -0.05) is 30.9 Å². The maximum absolute atomic E-state index is 12.9. The minimum Gasteiger partial charge on any atom is -1.00 e. The molecule has 0 aliphatic carbocycles. The zero-order valence-corrected chi connectivity index (χ0v) is 12.5. The van der Waals surface area contributed by atoms with Gasteiger partial charge in [0.1, 0.15) is 5.82 Å². The maximum atomic E-state index is 12.9. The van der Waals surface area contributed by atoms with Crippen LogP contribution in [0.5, 0.6) is 0 Å². The zero-order valence-electron chi connectivity index (χ0n) is 7.39. The minimum atomic E-state index is -0.136. The number of halogens is 2. The molecule has 0 spiro atoms. The molecule has 0 saturated heterocycles. The van der Waals surface area contributed by atoms with Gasteiger partial charge in [-0.15, -0.1) is 0 Å². The van der Waals surface area contributed by atoms with Crippen molar-refractivity contribution in [3.8, 4) is 0 Å². The second-order valence-electron chi connectivity index (χ2n) is 2.34. The Balaban J connectivity index is 0. The molecule has 1 radical (unpaired) electrons. The predicted octanol–water partition coefficient (Wildman–Crippen LogP) is -0.251. The first-order valence-corrected chi connectivity index (χ1v) is 3.58. The van der Waals surface area contributed by atoms with Crippen LogP contribution in [-0.4, -0.2) is 0 Å². The standard InChI is InChI=1S/C10H10F.HI.Zn/c1-2-3-6-9-7-4-5-8-10(9)11;;/h4-5,7-8H,1,3,6H2;1H;/p-1. The van der Waals surface area contributed by atoms with Crippen molar-refractivity contribution in [1.82, 2.24) is 0 Å². The number of aryl methyl sites for hydroxylation is 1. The fourth-order valence-electron chi connectivity index (χ4n) is 0.924. The average Bonchev–Trinajstić information content (AvgIpc) is 2.03. The maximum Gasteiger partial charge on any atom is 0.126 e. The molecule has 1 aromatic carbocycles. The Morgan fingerprint density at radius 1 is 1.31 bits per heavy atom. The Kier molecular flexibility index (Phi) is 10.7. The molecule has 0 N–H and O–H groups in total. The van der Waals surface area contributed by atoms with Crippen LogP contribution in [0.2, 0.25) is 0 Å². The fourth-order valence-corrected chi connectivity index (χ4v) is 0.924. The zero-order chi connectivity index (χ0) is 8.10. The Hall–Kier alpha value is 0.243. The molecule has 0 heterocycles. The molecule has 0 atom stereocenters. The first kappa shape index (κ1) is 15.7. The molecule has 1 aromatic rings. The second kappa shape index (κ2) is 8.82. The van der Waals surface area contributed by atoms with Gasteiger partial charge in [-0.3, -0.25) is 0 Å². The summed E-state index contributed by atoms with van der Waals surface area (Å²) in [5.41, 5.74) is 0.739. The van der Waals surface area contributed by atoms with Crippen LogP contribution in [0.4, 0.5) is 4.39 Å². The normalized spacial score (nSPS) is 8.08. The van der Waals surface area contributed by atoms with Crippen molar-refractivity contribution in [2.24, 2.45) is 0 Å². The molecule has 1 rings (SSSR count). The third-order valence-corrected chi connectivity index (χ3v) is 1.53. The predicted molar refractivity (Wildman–Crippen MR) is 43.6 cm³/mol. The van der Waals surface area contributed by atoms with E-state index < -0.39 is 0 Å². The van der Waals surface area contributed by atoms with Gasteiger partial charge in [-0.05, 0) is 24.5 Å². The Morgan fingerprint density at radius 3 is 2.46 bits per heavy atom. The third-order valence-electron chi connectivity index (χ3n) is 1.53. The van der Waals surface area contributed by atoms with Gasteiger partial charge in [0.15, 0.2) is 0 Å². The van der Waals surface area contributed by atoms with Crippen molar-refractivity contribution in [3.63, 3.8) is 0 Å². The summed E-state index contributed by atoms with van der Waals surface area (Å²) >= 11 is 0. The van der Waals surface area contributed by atoms with Crippen molar-refractivity contribution in [1.29, 1.82) is 0 Å². The molecule has 0 nitrogen and oxygen atoms in total. The monoisotopic (exact) mass is 340 g/mol. The molecule has 0 aliphatic heterocycles. The van der Waals surface area contributed by atoms with Crippen LogP contribution in [0, 0.1) is 11.9 Å². The van der Waals surface area contributed by atoms with E-state index >= 15 is 0 Å².